The molecule has 0 atom stereocenters. The van der Waals surface area contributed by atoms with Gasteiger partial charge in [-0.25, -0.2) is 0 Å². The Balaban J connectivity index is 1.35. The second-order valence-corrected chi connectivity index (χ2v) is 9.71. The number of nitro groups is 1. The third-order valence-corrected chi connectivity index (χ3v) is 7.35. The monoisotopic (exact) mass is 478 g/mol. The van der Waals surface area contributed by atoms with Crippen molar-refractivity contribution in [2.45, 2.75) is 39.5 Å². The van der Waals surface area contributed by atoms with Crippen LogP contribution in [0.15, 0.2) is 42.5 Å². The molecular weight excluding hydrogens is 444 g/mol. The third kappa shape index (κ3) is 5.99. The van der Waals surface area contributed by atoms with E-state index >= 15 is 0 Å². The van der Waals surface area contributed by atoms with Crippen molar-refractivity contribution in [3.8, 4) is 0 Å². The number of rotatable bonds is 6. The van der Waals surface area contributed by atoms with Crippen molar-refractivity contribution < 1.29 is 14.5 Å². The minimum Gasteiger partial charge on any atom is -0.362 e. The zero-order valence-corrected chi connectivity index (χ0v) is 20.6. The first-order valence-electron chi connectivity index (χ1n) is 12.5. The Labute approximate surface area is 206 Å². The molecule has 2 fully saturated rings. The SMILES string of the molecule is CC(=O)N1CCN(c2ccc(C(=O)N3CCC(CCc4ccc(C)cc4)CC3)cc2[N+](=O)[O-])CC1. The molecule has 2 aromatic rings. The molecular formula is C27H34N4O4. The summed E-state index contributed by atoms with van der Waals surface area (Å²) in [7, 11) is 0. The standard InChI is InChI=1S/C27H34N4O4/c1-20-3-5-22(6-4-20)7-8-23-11-13-30(14-12-23)27(33)24-9-10-25(26(19-24)31(34)35)29-17-15-28(16-18-29)21(2)32/h3-6,9-10,19,23H,7-8,11-18H2,1-2H3. The van der Waals surface area contributed by atoms with Gasteiger partial charge in [0.05, 0.1) is 4.92 Å². The van der Waals surface area contributed by atoms with Crippen molar-refractivity contribution in [1.29, 1.82) is 0 Å². The van der Waals surface area contributed by atoms with Crippen LogP contribution in [0.3, 0.4) is 0 Å². The van der Waals surface area contributed by atoms with E-state index in [4.69, 9.17) is 0 Å². The lowest BCUT2D eigenvalue weighted by atomic mass is 9.90. The number of hydrogen-bond donors (Lipinski definition) is 0. The number of anilines is 1. The van der Waals surface area contributed by atoms with Crippen LogP contribution in [0.25, 0.3) is 0 Å². The molecule has 8 nitrogen and oxygen atoms in total. The average molecular weight is 479 g/mol. The number of piperidine rings is 1. The number of amides is 2. The molecule has 4 rings (SSSR count). The van der Waals surface area contributed by atoms with E-state index < -0.39 is 4.92 Å². The predicted molar refractivity (Wildman–Crippen MR) is 136 cm³/mol. The van der Waals surface area contributed by atoms with E-state index in [2.05, 4.69) is 31.2 Å². The first-order valence-corrected chi connectivity index (χ1v) is 12.5. The number of nitro benzene ring substituents is 1. The van der Waals surface area contributed by atoms with Gasteiger partial charge in [-0.2, -0.15) is 0 Å². The van der Waals surface area contributed by atoms with E-state index in [-0.39, 0.29) is 17.5 Å². The Morgan fingerprint density at radius 2 is 1.60 bits per heavy atom. The Kier molecular flexibility index (Phi) is 7.68. The van der Waals surface area contributed by atoms with Crippen molar-refractivity contribution in [2.24, 2.45) is 5.92 Å². The van der Waals surface area contributed by atoms with Crippen molar-refractivity contribution >= 4 is 23.2 Å². The van der Waals surface area contributed by atoms with Gasteiger partial charge in [0.15, 0.2) is 0 Å². The zero-order chi connectivity index (χ0) is 24.9. The molecule has 0 saturated carbocycles. The number of likely N-dealkylation sites (tertiary alicyclic amines) is 1. The summed E-state index contributed by atoms with van der Waals surface area (Å²) >= 11 is 0. The molecule has 0 aromatic heterocycles. The van der Waals surface area contributed by atoms with Gasteiger partial charge < -0.3 is 14.7 Å². The Morgan fingerprint density at radius 1 is 0.943 bits per heavy atom. The van der Waals surface area contributed by atoms with Gasteiger partial charge in [-0.05, 0) is 56.2 Å². The van der Waals surface area contributed by atoms with Crippen LogP contribution in [0.5, 0.6) is 0 Å². The molecule has 2 aliphatic heterocycles. The Bertz CT molecular complexity index is 1070. The topological polar surface area (TPSA) is 87.0 Å². The molecule has 2 aliphatic rings. The van der Waals surface area contributed by atoms with Gasteiger partial charge in [0.25, 0.3) is 11.6 Å². The first-order chi connectivity index (χ1) is 16.8. The summed E-state index contributed by atoms with van der Waals surface area (Å²) in [5.41, 5.74) is 3.43. The highest BCUT2D eigenvalue weighted by Crippen LogP contribution is 2.31. The van der Waals surface area contributed by atoms with Gasteiger partial charge in [-0.1, -0.05) is 29.8 Å². The largest absolute Gasteiger partial charge is 0.362 e. The van der Waals surface area contributed by atoms with Crippen LogP contribution in [0.2, 0.25) is 0 Å². The number of hydrogen-bond acceptors (Lipinski definition) is 5. The highest BCUT2D eigenvalue weighted by molar-refractivity contribution is 5.96. The predicted octanol–water partition coefficient (Wildman–Crippen LogP) is 4.06. The fourth-order valence-corrected chi connectivity index (χ4v) is 5.07. The zero-order valence-electron chi connectivity index (χ0n) is 20.6. The van der Waals surface area contributed by atoms with Gasteiger partial charge in [-0.3, -0.25) is 19.7 Å². The summed E-state index contributed by atoms with van der Waals surface area (Å²) in [5.74, 6) is 0.461. The van der Waals surface area contributed by atoms with E-state index in [0.29, 0.717) is 56.4 Å². The molecule has 0 aliphatic carbocycles. The summed E-state index contributed by atoms with van der Waals surface area (Å²) in [6.07, 6.45) is 4.08. The van der Waals surface area contributed by atoms with Crippen molar-refractivity contribution in [3.63, 3.8) is 0 Å². The number of nitrogens with zero attached hydrogens (tertiary/aromatic N) is 4. The van der Waals surface area contributed by atoms with Crippen LogP contribution in [0.4, 0.5) is 11.4 Å². The summed E-state index contributed by atoms with van der Waals surface area (Å²) in [4.78, 5) is 41.6. The lowest BCUT2D eigenvalue weighted by molar-refractivity contribution is -0.384. The van der Waals surface area contributed by atoms with E-state index in [1.54, 1.807) is 17.0 Å². The van der Waals surface area contributed by atoms with Crippen LogP contribution < -0.4 is 4.90 Å². The third-order valence-electron chi connectivity index (χ3n) is 7.35. The molecule has 2 heterocycles. The first kappa shape index (κ1) is 24.7. The van der Waals surface area contributed by atoms with Crippen molar-refractivity contribution in [2.75, 3.05) is 44.2 Å². The summed E-state index contributed by atoms with van der Waals surface area (Å²) in [6.45, 7) is 7.12. The fourth-order valence-electron chi connectivity index (χ4n) is 5.07. The van der Waals surface area contributed by atoms with Gasteiger partial charge >= 0.3 is 0 Å². The van der Waals surface area contributed by atoms with Crippen LogP contribution in [0, 0.1) is 23.0 Å². The molecule has 186 valence electrons. The number of carbonyl (C=O) groups is 2. The summed E-state index contributed by atoms with van der Waals surface area (Å²) in [5, 5.41) is 11.8. The highest BCUT2D eigenvalue weighted by Gasteiger charge is 2.28. The maximum atomic E-state index is 13.1. The van der Waals surface area contributed by atoms with Gasteiger partial charge in [0.1, 0.15) is 5.69 Å². The van der Waals surface area contributed by atoms with E-state index in [1.165, 1.54) is 24.1 Å². The normalized spacial score (nSPS) is 16.9. The Hall–Kier alpha value is -3.42. The summed E-state index contributed by atoms with van der Waals surface area (Å²) < 4.78 is 0. The molecule has 0 radical (unpaired) electrons. The molecule has 2 aromatic carbocycles. The maximum Gasteiger partial charge on any atom is 0.293 e. The molecule has 8 heteroatoms. The lowest BCUT2D eigenvalue weighted by Gasteiger charge is -2.35. The van der Waals surface area contributed by atoms with Crippen molar-refractivity contribution in [3.05, 3.63) is 69.3 Å². The second-order valence-electron chi connectivity index (χ2n) is 9.71. The van der Waals surface area contributed by atoms with E-state index in [9.17, 15) is 19.7 Å². The van der Waals surface area contributed by atoms with Gasteiger partial charge in [0.2, 0.25) is 5.91 Å². The lowest BCUT2D eigenvalue weighted by Crippen LogP contribution is -2.48. The van der Waals surface area contributed by atoms with E-state index in [1.807, 2.05) is 9.80 Å². The molecule has 35 heavy (non-hydrogen) atoms. The second kappa shape index (κ2) is 10.9. The minimum absolute atomic E-state index is 0.0130. The van der Waals surface area contributed by atoms with Crippen LogP contribution in [-0.4, -0.2) is 65.8 Å². The van der Waals surface area contributed by atoms with Gasteiger partial charge in [-0.15, -0.1) is 0 Å². The number of aryl methyl sites for hydroxylation is 2. The molecule has 0 spiro atoms. The smallest absolute Gasteiger partial charge is 0.293 e. The quantitative estimate of drug-likeness (QED) is 0.462. The average Bonchev–Trinajstić information content (AvgIpc) is 2.88. The van der Waals surface area contributed by atoms with Crippen molar-refractivity contribution in [1.82, 2.24) is 9.80 Å². The Morgan fingerprint density at radius 3 is 2.20 bits per heavy atom. The minimum atomic E-state index is -0.416. The molecule has 0 unspecified atom stereocenters. The highest BCUT2D eigenvalue weighted by atomic mass is 16.6. The number of piperazine rings is 1. The summed E-state index contributed by atoms with van der Waals surface area (Å²) in [6, 6.07) is 13.5. The van der Waals surface area contributed by atoms with Crippen LogP contribution in [0.1, 0.15) is 47.7 Å². The van der Waals surface area contributed by atoms with E-state index in [0.717, 1.165) is 25.7 Å². The molecule has 0 bridgehead atoms. The molecule has 2 amide bonds. The van der Waals surface area contributed by atoms with Crippen LogP contribution in [-0.2, 0) is 11.2 Å². The van der Waals surface area contributed by atoms with Crippen LogP contribution >= 0.6 is 0 Å². The number of benzene rings is 2. The fraction of sp³-hybridized carbons (Fsp3) is 0.481. The maximum absolute atomic E-state index is 13.1. The van der Waals surface area contributed by atoms with Gasteiger partial charge in [0, 0.05) is 57.8 Å². The molecule has 2 saturated heterocycles. The number of carbonyl (C=O) groups excluding carboxylic acids is 2. The molecule has 0 N–H and O–H groups in total.